The van der Waals surface area contributed by atoms with Gasteiger partial charge in [-0.3, -0.25) is 20.4 Å². The van der Waals surface area contributed by atoms with E-state index in [1.807, 2.05) is 0 Å². The topological polar surface area (TPSA) is 127 Å². The van der Waals surface area contributed by atoms with Crippen molar-refractivity contribution in [2.75, 3.05) is 6.61 Å². The number of nitrogens with one attached hydrogen (secondary N) is 3. The highest BCUT2D eigenvalue weighted by molar-refractivity contribution is 7.89. The van der Waals surface area contributed by atoms with E-state index in [1.165, 1.54) is 54.8 Å². The van der Waals surface area contributed by atoms with Gasteiger partial charge in [0, 0.05) is 6.08 Å². The van der Waals surface area contributed by atoms with E-state index < -0.39 is 34.3 Å². The summed E-state index contributed by atoms with van der Waals surface area (Å²) in [6, 6.07) is 14.7. The maximum absolute atomic E-state index is 13.4. The van der Waals surface area contributed by atoms with Crippen LogP contribution < -0.4 is 20.3 Å². The molecule has 3 aromatic rings. The van der Waals surface area contributed by atoms with Gasteiger partial charge in [0.05, 0.1) is 17.7 Å². The number of sulfonamides is 1. The molecule has 172 valence electrons. The zero-order valence-electron chi connectivity index (χ0n) is 17.2. The van der Waals surface area contributed by atoms with Crippen LogP contribution in [0.2, 0.25) is 0 Å². The van der Waals surface area contributed by atoms with Crippen molar-refractivity contribution in [3.63, 3.8) is 0 Å². The Balaban J connectivity index is 1.44. The molecular formula is C22H20FN3O6S. The molecule has 2 amide bonds. The second-order valence-electron chi connectivity index (χ2n) is 6.56. The minimum Gasteiger partial charge on any atom is -0.481 e. The highest BCUT2D eigenvalue weighted by Crippen LogP contribution is 2.15. The SMILES string of the molecule is O=C(/C=C/c1ccc(S(=O)(=O)NCc2ccco2)cc1)NNC(=O)COc1ccccc1F. The molecule has 0 unspecified atom stereocenters. The van der Waals surface area contributed by atoms with Crippen molar-refractivity contribution in [2.24, 2.45) is 0 Å². The molecule has 1 heterocycles. The number of rotatable bonds is 9. The van der Waals surface area contributed by atoms with Gasteiger partial charge in [-0.2, -0.15) is 0 Å². The largest absolute Gasteiger partial charge is 0.481 e. The fourth-order valence-corrected chi connectivity index (χ4v) is 3.50. The summed E-state index contributed by atoms with van der Waals surface area (Å²) in [5.74, 6) is -1.53. The Morgan fingerprint density at radius 2 is 1.76 bits per heavy atom. The predicted molar refractivity (Wildman–Crippen MR) is 116 cm³/mol. The van der Waals surface area contributed by atoms with Crippen LogP contribution in [0.5, 0.6) is 5.75 Å². The third-order valence-corrected chi connectivity index (χ3v) is 5.57. The van der Waals surface area contributed by atoms with Crippen molar-refractivity contribution in [2.45, 2.75) is 11.4 Å². The van der Waals surface area contributed by atoms with Gasteiger partial charge in [0.15, 0.2) is 18.2 Å². The Labute approximate surface area is 189 Å². The molecule has 9 nitrogen and oxygen atoms in total. The van der Waals surface area contributed by atoms with E-state index in [0.29, 0.717) is 11.3 Å². The third-order valence-electron chi connectivity index (χ3n) is 4.15. The zero-order valence-corrected chi connectivity index (χ0v) is 18.0. The molecule has 3 N–H and O–H groups in total. The molecule has 11 heteroatoms. The van der Waals surface area contributed by atoms with E-state index in [2.05, 4.69) is 15.6 Å². The number of carbonyl (C=O) groups excluding carboxylic acids is 2. The lowest BCUT2D eigenvalue weighted by Gasteiger charge is -2.08. The van der Waals surface area contributed by atoms with E-state index >= 15 is 0 Å². The zero-order chi connectivity index (χ0) is 23.7. The first-order valence-corrected chi connectivity index (χ1v) is 11.1. The van der Waals surface area contributed by atoms with Crippen molar-refractivity contribution in [3.8, 4) is 5.75 Å². The van der Waals surface area contributed by atoms with Crippen LogP contribution in [-0.2, 0) is 26.2 Å². The van der Waals surface area contributed by atoms with Crippen molar-refractivity contribution in [1.29, 1.82) is 0 Å². The number of para-hydroxylation sites is 1. The van der Waals surface area contributed by atoms with Crippen LogP contribution in [0.1, 0.15) is 11.3 Å². The van der Waals surface area contributed by atoms with Crippen molar-refractivity contribution in [3.05, 3.63) is 90.1 Å². The van der Waals surface area contributed by atoms with Gasteiger partial charge in [-0.1, -0.05) is 24.3 Å². The summed E-state index contributed by atoms with van der Waals surface area (Å²) < 4.78 is 50.6. The molecule has 2 aromatic carbocycles. The number of furan rings is 1. The van der Waals surface area contributed by atoms with E-state index in [9.17, 15) is 22.4 Å². The summed E-state index contributed by atoms with van der Waals surface area (Å²) in [5, 5.41) is 0. The quantitative estimate of drug-likeness (QED) is 0.323. The van der Waals surface area contributed by atoms with Gasteiger partial charge in [0.2, 0.25) is 10.0 Å². The van der Waals surface area contributed by atoms with Crippen LogP contribution in [0, 0.1) is 5.82 Å². The Kier molecular flexibility index (Phi) is 7.95. The van der Waals surface area contributed by atoms with Gasteiger partial charge < -0.3 is 9.15 Å². The average molecular weight is 473 g/mol. The lowest BCUT2D eigenvalue weighted by Crippen LogP contribution is -2.43. The Morgan fingerprint density at radius 1 is 1.00 bits per heavy atom. The molecule has 0 aliphatic carbocycles. The molecule has 1 aromatic heterocycles. The maximum atomic E-state index is 13.4. The smallest absolute Gasteiger partial charge is 0.276 e. The molecule has 0 saturated heterocycles. The molecule has 0 fully saturated rings. The van der Waals surface area contributed by atoms with Gasteiger partial charge in [-0.05, 0) is 48.0 Å². The highest BCUT2D eigenvalue weighted by atomic mass is 32.2. The first-order chi connectivity index (χ1) is 15.8. The van der Waals surface area contributed by atoms with Crippen LogP contribution in [0.15, 0.2) is 82.3 Å². The van der Waals surface area contributed by atoms with Gasteiger partial charge in [-0.15, -0.1) is 0 Å². The van der Waals surface area contributed by atoms with Gasteiger partial charge in [-0.25, -0.2) is 17.5 Å². The van der Waals surface area contributed by atoms with Crippen LogP contribution in [0.25, 0.3) is 6.08 Å². The molecule has 0 aliphatic rings. The second kappa shape index (κ2) is 11.1. The molecule has 3 rings (SSSR count). The third kappa shape index (κ3) is 7.30. The summed E-state index contributed by atoms with van der Waals surface area (Å²) in [7, 11) is -3.73. The minimum absolute atomic E-state index is 0.0220. The number of hydrogen-bond donors (Lipinski definition) is 3. The molecule has 0 aliphatic heterocycles. The normalized spacial score (nSPS) is 11.3. The summed E-state index contributed by atoms with van der Waals surface area (Å²) >= 11 is 0. The maximum Gasteiger partial charge on any atom is 0.276 e. The average Bonchev–Trinajstić information content (AvgIpc) is 3.34. The van der Waals surface area contributed by atoms with Crippen LogP contribution in [0.3, 0.4) is 0 Å². The van der Waals surface area contributed by atoms with Crippen LogP contribution >= 0.6 is 0 Å². The van der Waals surface area contributed by atoms with Crippen molar-refractivity contribution < 1.29 is 31.6 Å². The van der Waals surface area contributed by atoms with Gasteiger partial charge in [0.25, 0.3) is 11.8 Å². The minimum atomic E-state index is -3.73. The van der Waals surface area contributed by atoms with Crippen LogP contribution in [-0.4, -0.2) is 26.8 Å². The number of halogens is 1. The number of amides is 2. The molecular weight excluding hydrogens is 453 g/mol. The summed E-state index contributed by atoms with van der Waals surface area (Å²) in [6.07, 6.45) is 4.03. The molecule has 33 heavy (non-hydrogen) atoms. The number of benzene rings is 2. The summed E-state index contributed by atoms with van der Waals surface area (Å²) in [6.45, 7) is -0.469. The highest BCUT2D eigenvalue weighted by Gasteiger charge is 2.14. The lowest BCUT2D eigenvalue weighted by molar-refractivity contribution is -0.128. The van der Waals surface area contributed by atoms with E-state index in [4.69, 9.17) is 9.15 Å². The molecule has 0 saturated carbocycles. The number of hydrogen-bond acceptors (Lipinski definition) is 6. The fourth-order valence-electron chi connectivity index (χ4n) is 2.51. The van der Waals surface area contributed by atoms with Gasteiger partial charge in [0.1, 0.15) is 5.76 Å². The Bertz CT molecular complexity index is 1230. The molecule has 0 atom stereocenters. The number of ether oxygens (including phenoxy) is 1. The number of carbonyl (C=O) groups is 2. The monoisotopic (exact) mass is 473 g/mol. The summed E-state index contributed by atoms with van der Waals surface area (Å²) in [5.41, 5.74) is 4.85. The second-order valence-corrected chi connectivity index (χ2v) is 8.33. The van der Waals surface area contributed by atoms with Crippen molar-refractivity contribution in [1.82, 2.24) is 15.6 Å². The first kappa shape index (κ1) is 23.7. The lowest BCUT2D eigenvalue weighted by atomic mass is 10.2. The fraction of sp³-hybridized carbons (Fsp3) is 0.0909. The van der Waals surface area contributed by atoms with E-state index in [0.717, 1.165) is 6.08 Å². The Morgan fingerprint density at radius 3 is 2.45 bits per heavy atom. The molecule has 0 spiro atoms. The number of hydrazine groups is 1. The standard InChI is InChI=1S/C22H20FN3O6S/c23-19-5-1-2-6-20(19)32-15-22(28)26-25-21(27)12-9-16-7-10-18(11-8-16)33(29,30)24-14-17-4-3-13-31-17/h1-13,24H,14-15H2,(H,25,27)(H,26,28)/b12-9+. The van der Waals surface area contributed by atoms with E-state index in [1.54, 1.807) is 18.2 Å². The van der Waals surface area contributed by atoms with Gasteiger partial charge >= 0.3 is 0 Å². The molecule has 0 radical (unpaired) electrons. The Hall–Kier alpha value is -3.96. The van der Waals surface area contributed by atoms with Crippen molar-refractivity contribution >= 4 is 27.9 Å². The molecule has 0 bridgehead atoms. The summed E-state index contributed by atoms with van der Waals surface area (Å²) in [4.78, 5) is 23.6. The first-order valence-electron chi connectivity index (χ1n) is 9.60. The predicted octanol–water partition coefficient (Wildman–Crippen LogP) is 2.14. The van der Waals surface area contributed by atoms with E-state index in [-0.39, 0.29) is 17.2 Å². The van der Waals surface area contributed by atoms with Crippen LogP contribution in [0.4, 0.5) is 4.39 Å².